The standard InChI is InChI=1S/C22H25FN4O4S/c1-13-8-18-22(12-30-13,27-20(25)21(2,3)32(18,28)29)16-10-15(4-5-17(16)23)31-19-9-14(11-24)6-7-26-19/h4-7,9-10,13,18,28-29H,8,12H2,1-3H3,(H2,25,27)/t13-,18+,22+/m0/s1. The van der Waals surface area contributed by atoms with E-state index in [0.29, 0.717) is 5.56 Å². The van der Waals surface area contributed by atoms with Crippen molar-refractivity contribution in [1.82, 2.24) is 10.3 Å². The molecule has 8 nitrogen and oxygen atoms in total. The van der Waals surface area contributed by atoms with Crippen molar-refractivity contribution in [3.8, 4) is 17.7 Å². The molecule has 2 fully saturated rings. The van der Waals surface area contributed by atoms with Gasteiger partial charge >= 0.3 is 0 Å². The van der Waals surface area contributed by atoms with Crippen molar-refractivity contribution in [2.45, 2.75) is 48.8 Å². The number of halogens is 1. The first-order valence-corrected chi connectivity index (χ1v) is 11.7. The van der Waals surface area contributed by atoms with Crippen LogP contribution >= 0.6 is 10.6 Å². The second-order valence-electron chi connectivity index (χ2n) is 8.66. The number of benzene rings is 1. The lowest BCUT2D eigenvalue weighted by atomic mass is 9.81. The van der Waals surface area contributed by atoms with Crippen LogP contribution in [-0.4, -0.2) is 42.6 Å². The maximum absolute atomic E-state index is 15.2. The fourth-order valence-electron chi connectivity index (χ4n) is 4.23. The molecule has 0 saturated carbocycles. The summed E-state index contributed by atoms with van der Waals surface area (Å²) in [4.78, 5) is 4.07. The fraction of sp³-hybridized carbons (Fsp3) is 0.409. The van der Waals surface area contributed by atoms with E-state index in [4.69, 9.17) is 20.1 Å². The number of hydrogen-bond acceptors (Lipinski definition) is 7. The average molecular weight is 461 g/mol. The summed E-state index contributed by atoms with van der Waals surface area (Å²) in [5.74, 6) is -0.264. The molecule has 4 rings (SSSR count). The molecule has 2 aliphatic rings. The van der Waals surface area contributed by atoms with Gasteiger partial charge < -0.3 is 14.8 Å². The number of fused-ring (bicyclic) bond motifs is 1. The maximum atomic E-state index is 15.2. The zero-order chi connectivity index (χ0) is 23.3. The van der Waals surface area contributed by atoms with E-state index in [-0.39, 0.29) is 42.2 Å². The molecule has 3 atom stereocenters. The van der Waals surface area contributed by atoms with Crippen LogP contribution in [0, 0.1) is 22.6 Å². The van der Waals surface area contributed by atoms with Crippen molar-refractivity contribution in [3.05, 3.63) is 53.5 Å². The summed E-state index contributed by atoms with van der Waals surface area (Å²) < 4.78 is 48.1. The lowest BCUT2D eigenvalue weighted by molar-refractivity contribution is -0.0290. The Bertz CT molecular complexity index is 1120. The number of nitriles is 1. The molecule has 2 aromatic rings. The van der Waals surface area contributed by atoms with Crippen molar-refractivity contribution >= 4 is 16.4 Å². The molecule has 1 aromatic carbocycles. The molecule has 2 saturated heterocycles. The van der Waals surface area contributed by atoms with E-state index in [2.05, 4.69) is 10.3 Å². The minimum Gasteiger partial charge on any atom is -0.439 e. The second-order valence-corrected chi connectivity index (χ2v) is 11.4. The number of ether oxygens (including phenoxy) is 2. The highest BCUT2D eigenvalue weighted by atomic mass is 32.3. The summed E-state index contributed by atoms with van der Waals surface area (Å²) in [6, 6.07) is 9.11. The summed E-state index contributed by atoms with van der Waals surface area (Å²) >= 11 is 0. The van der Waals surface area contributed by atoms with Crippen LogP contribution in [0.1, 0.15) is 38.3 Å². The number of hydrogen-bond donors (Lipinski definition) is 4. The predicted molar refractivity (Wildman–Crippen MR) is 119 cm³/mol. The third-order valence-electron chi connectivity index (χ3n) is 6.29. The molecule has 4 N–H and O–H groups in total. The minimum absolute atomic E-state index is 0.0459. The Morgan fingerprint density at radius 1 is 1.34 bits per heavy atom. The lowest BCUT2D eigenvalue weighted by Crippen LogP contribution is -2.71. The van der Waals surface area contributed by atoms with E-state index in [1.807, 2.05) is 13.0 Å². The Labute approximate surface area is 187 Å². The number of nitrogens with one attached hydrogen (secondary N) is 2. The van der Waals surface area contributed by atoms with E-state index in [0.717, 1.165) is 0 Å². The third-order valence-corrected chi connectivity index (χ3v) is 9.39. The molecule has 170 valence electrons. The first-order valence-electron chi connectivity index (χ1n) is 10.1. The molecule has 2 aliphatic heterocycles. The Kier molecular flexibility index (Phi) is 5.41. The molecule has 10 heteroatoms. The Morgan fingerprint density at radius 2 is 2.09 bits per heavy atom. The molecule has 0 unspecified atom stereocenters. The fourth-order valence-corrected chi connectivity index (χ4v) is 6.65. The van der Waals surface area contributed by atoms with Gasteiger partial charge in [0.2, 0.25) is 5.88 Å². The summed E-state index contributed by atoms with van der Waals surface area (Å²) in [5.41, 5.74) is -0.878. The zero-order valence-corrected chi connectivity index (χ0v) is 18.7. The molecule has 0 amide bonds. The van der Waals surface area contributed by atoms with Gasteiger partial charge in [-0.05, 0) is 51.5 Å². The molecule has 0 spiro atoms. The highest BCUT2D eigenvalue weighted by molar-refractivity contribution is 8.26. The molecule has 0 radical (unpaired) electrons. The van der Waals surface area contributed by atoms with Gasteiger partial charge in [-0.1, -0.05) is 0 Å². The van der Waals surface area contributed by atoms with E-state index in [9.17, 15) is 9.11 Å². The van der Waals surface area contributed by atoms with Gasteiger partial charge in [-0.25, -0.2) is 9.37 Å². The smallest absolute Gasteiger partial charge is 0.220 e. The molecule has 3 heterocycles. The summed E-state index contributed by atoms with van der Waals surface area (Å²) in [6.45, 7) is 4.99. The molecule has 1 aromatic heterocycles. The van der Waals surface area contributed by atoms with Crippen LogP contribution in [0.25, 0.3) is 0 Å². The Hall–Kier alpha value is -2.71. The van der Waals surface area contributed by atoms with E-state index >= 15 is 4.39 Å². The number of nitrogens with zero attached hydrogens (tertiary/aromatic N) is 2. The second kappa shape index (κ2) is 7.71. The van der Waals surface area contributed by atoms with Gasteiger partial charge in [-0.2, -0.15) is 15.9 Å². The van der Waals surface area contributed by atoms with E-state index in [1.165, 1.54) is 36.5 Å². The quantitative estimate of drug-likeness (QED) is 0.535. The monoisotopic (exact) mass is 460 g/mol. The van der Waals surface area contributed by atoms with E-state index in [1.54, 1.807) is 13.8 Å². The van der Waals surface area contributed by atoms with Crippen LogP contribution in [0.4, 0.5) is 4.39 Å². The van der Waals surface area contributed by atoms with Crippen LogP contribution in [-0.2, 0) is 10.3 Å². The van der Waals surface area contributed by atoms with Gasteiger partial charge in [0.1, 0.15) is 27.7 Å². The summed E-state index contributed by atoms with van der Waals surface area (Å²) in [5, 5.41) is 19.8. The predicted octanol–water partition coefficient (Wildman–Crippen LogP) is 4.37. The van der Waals surface area contributed by atoms with Gasteiger partial charge in [0.15, 0.2) is 0 Å². The van der Waals surface area contributed by atoms with Crippen molar-refractivity contribution in [2.75, 3.05) is 6.61 Å². The van der Waals surface area contributed by atoms with Crippen molar-refractivity contribution in [2.24, 2.45) is 0 Å². The number of amidine groups is 1. The Balaban J connectivity index is 1.80. The van der Waals surface area contributed by atoms with Crippen LogP contribution in [0.15, 0.2) is 36.5 Å². The lowest BCUT2D eigenvalue weighted by Gasteiger charge is -2.64. The highest BCUT2D eigenvalue weighted by Crippen LogP contribution is 2.65. The molecular weight excluding hydrogens is 435 g/mol. The van der Waals surface area contributed by atoms with Gasteiger partial charge in [-0.15, -0.1) is 0 Å². The minimum atomic E-state index is -3.37. The highest BCUT2D eigenvalue weighted by Gasteiger charge is 2.62. The SMILES string of the molecule is C[C@H]1C[C@@H]2[C@](c3cc(Oc4cc(C#N)ccn4)ccc3F)(CO1)NC(=N)C(C)(C)S2(O)O. The van der Waals surface area contributed by atoms with Crippen LogP contribution in [0.3, 0.4) is 0 Å². The number of rotatable bonds is 3. The van der Waals surface area contributed by atoms with Crippen LogP contribution in [0.5, 0.6) is 11.6 Å². The van der Waals surface area contributed by atoms with Gasteiger partial charge in [0.05, 0.1) is 29.6 Å². The maximum Gasteiger partial charge on any atom is 0.220 e. The molecule has 32 heavy (non-hydrogen) atoms. The summed E-state index contributed by atoms with van der Waals surface area (Å²) in [7, 11) is -3.37. The summed E-state index contributed by atoms with van der Waals surface area (Å²) in [6.07, 6.45) is 1.46. The van der Waals surface area contributed by atoms with Gasteiger partial charge in [-0.3, -0.25) is 14.5 Å². The first-order chi connectivity index (χ1) is 15.0. The van der Waals surface area contributed by atoms with Crippen LogP contribution < -0.4 is 10.1 Å². The van der Waals surface area contributed by atoms with Crippen molar-refractivity contribution in [1.29, 1.82) is 10.7 Å². The third kappa shape index (κ3) is 3.42. The average Bonchev–Trinajstić information content (AvgIpc) is 2.75. The normalized spacial score (nSPS) is 29.2. The number of pyridine rings is 1. The molecule has 0 bridgehead atoms. The molecular formula is C22H25FN4O4S. The molecule has 0 aliphatic carbocycles. The van der Waals surface area contributed by atoms with Crippen molar-refractivity contribution < 1.29 is 23.0 Å². The van der Waals surface area contributed by atoms with Crippen LogP contribution in [0.2, 0.25) is 0 Å². The largest absolute Gasteiger partial charge is 0.439 e. The first kappa shape index (κ1) is 22.5. The van der Waals surface area contributed by atoms with Gasteiger partial charge in [0, 0.05) is 17.8 Å². The topological polar surface area (TPSA) is 131 Å². The van der Waals surface area contributed by atoms with Gasteiger partial charge in [0.25, 0.3) is 0 Å². The number of aromatic nitrogens is 1. The Morgan fingerprint density at radius 3 is 2.81 bits per heavy atom. The van der Waals surface area contributed by atoms with Crippen molar-refractivity contribution in [3.63, 3.8) is 0 Å². The van der Waals surface area contributed by atoms with E-state index < -0.39 is 31.9 Å². The zero-order valence-electron chi connectivity index (χ0n) is 17.9.